The van der Waals surface area contributed by atoms with E-state index in [0.29, 0.717) is 0 Å². The van der Waals surface area contributed by atoms with Crippen LogP contribution in [0, 0.1) is 0 Å². The van der Waals surface area contributed by atoms with Crippen LogP contribution in [-0.4, -0.2) is 4.57 Å². The van der Waals surface area contributed by atoms with Gasteiger partial charge in [-0.05, 0) is 133 Å². The molecule has 0 unspecified atom stereocenters. The molecule has 68 heavy (non-hydrogen) atoms. The van der Waals surface area contributed by atoms with Gasteiger partial charge in [0.25, 0.3) is 0 Å². The van der Waals surface area contributed by atoms with Gasteiger partial charge in [0, 0.05) is 44.2 Å². The molecule has 2 nitrogen and oxygen atoms in total. The van der Waals surface area contributed by atoms with Gasteiger partial charge in [-0.3, -0.25) is 0 Å². The van der Waals surface area contributed by atoms with Crippen molar-refractivity contribution < 1.29 is 0 Å². The summed E-state index contributed by atoms with van der Waals surface area (Å²) in [7, 11) is 0. The van der Waals surface area contributed by atoms with Crippen LogP contribution in [0.3, 0.4) is 0 Å². The van der Waals surface area contributed by atoms with Gasteiger partial charge in [0.15, 0.2) is 0 Å². The monoisotopic (exact) mass is 870 g/mol. The first-order valence-corrected chi connectivity index (χ1v) is 23.9. The summed E-state index contributed by atoms with van der Waals surface area (Å²) in [6, 6.07) is 85.6. The Balaban J connectivity index is 0.992. The predicted octanol–water partition coefficient (Wildman–Crippen LogP) is 17.9. The molecular formula is C66H50N2. The van der Waals surface area contributed by atoms with Crippen molar-refractivity contribution in [2.45, 2.75) is 38.5 Å². The molecule has 1 aromatic heterocycles. The topological polar surface area (TPSA) is 8.17 Å². The van der Waals surface area contributed by atoms with Crippen LogP contribution in [0.4, 0.5) is 17.1 Å². The summed E-state index contributed by atoms with van der Waals surface area (Å²) in [6.45, 7) is 9.45. The highest BCUT2D eigenvalue weighted by molar-refractivity contribution is 6.16. The van der Waals surface area contributed by atoms with Crippen LogP contribution < -0.4 is 4.90 Å². The van der Waals surface area contributed by atoms with Crippen LogP contribution in [0.5, 0.6) is 0 Å². The molecule has 0 saturated heterocycles. The van der Waals surface area contributed by atoms with E-state index < -0.39 is 0 Å². The average molecular weight is 871 g/mol. The molecule has 11 aromatic rings. The van der Waals surface area contributed by atoms with Crippen molar-refractivity contribution in [2.75, 3.05) is 4.90 Å². The smallest absolute Gasteiger partial charge is 0.0547 e. The van der Waals surface area contributed by atoms with Gasteiger partial charge in [-0.1, -0.05) is 198 Å². The van der Waals surface area contributed by atoms with Gasteiger partial charge in [0.05, 0.1) is 16.7 Å². The van der Waals surface area contributed by atoms with Crippen molar-refractivity contribution in [3.63, 3.8) is 0 Å². The predicted molar refractivity (Wildman–Crippen MR) is 287 cm³/mol. The number of hydrogen-bond donors (Lipinski definition) is 0. The maximum Gasteiger partial charge on any atom is 0.0547 e. The molecule has 0 amide bonds. The van der Waals surface area contributed by atoms with E-state index >= 15 is 0 Å². The summed E-state index contributed by atoms with van der Waals surface area (Å²) < 4.78 is 2.40. The maximum absolute atomic E-state index is 2.48. The molecule has 0 radical (unpaired) electrons. The van der Waals surface area contributed by atoms with Crippen molar-refractivity contribution in [2.24, 2.45) is 0 Å². The van der Waals surface area contributed by atoms with E-state index in [0.717, 1.165) is 22.7 Å². The first kappa shape index (κ1) is 40.1. The largest absolute Gasteiger partial charge is 0.310 e. The van der Waals surface area contributed by atoms with E-state index in [9.17, 15) is 0 Å². The van der Waals surface area contributed by atoms with Crippen LogP contribution in [0.1, 0.15) is 49.9 Å². The second-order valence-electron chi connectivity index (χ2n) is 19.7. The van der Waals surface area contributed by atoms with Crippen molar-refractivity contribution >= 4 is 38.9 Å². The number of para-hydroxylation sites is 3. The van der Waals surface area contributed by atoms with E-state index in [1.807, 2.05) is 0 Å². The Morgan fingerprint density at radius 3 is 1.74 bits per heavy atom. The number of rotatable bonds is 7. The Hall–Kier alpha value is -8.20. The van der Waals surface area contributed by atoms with Crippen LogP contribution in [0.2, 0.25) is 0 Å². The third-order valence-corrected chi connectivity index (χ3v) is 15.2. The minimum Gasteiger partial charge on any atom is -0.310 e. The van der Waals surface area contributed by atoms with Gasteiger partial charge in [0.1, 0.15) is 0 Å². The fourth-order valence-corrected chi connectivity index (χ4v) is 11.9. The highest BCUT2D eigenvalue weighted by atomic mass is 15.1. The number of fused-ring (bicyclic) bond motifs is 9. The Kier molecular flexibility index (Phi) is 8.95. The molecular weight excluding hydrogens is 821 g/mol. The summed E-state index contributed by atoms with van der Waals surface area (Å²) in [5.74, 6) is 0. The van der Waals surface area contributed by atoms with Crippen molar-refractivity contribution in [1.82, 2.24) is 4.57 Å². The molecule has 2 heteroatoms. The molecule has 0 bridgehead atoms. The summed E-state index contributed by atoms with van der Waals surface area (Å²) in [6.07, 6.45) is 0. The van der Waals surface area contributed by atoms with Gasteiger partial charge < -0.3 is 9.47 Å². The van der Waals surface area contributed by atoms with Crippen LogP contribution in [-0.2, 0) is 10.8 Å². The zero-order valence-corrected chi connectivity index (χ0v) is 38.8. The van der Waals surface area contributed by atoms with Crippen LogP contribution >= 0.6 is 0 Å². The minimum absolute atomic E-state index is 0.0679. The summed E-state index contributed by atoms with van der Waals surface area (Å²) in [5, 5.41) is 2.49. The lowest BCUT2D eigenvalue weighted by molar-refractivity contribution is 0.660. The minimum atomic E-state index is -0.110. The van der Waals surface area contributed by atoms with Crippen molar-refractivity contribution in [3.05, 3.63) is 253 Å². The Morgan fingerprint density at radius 1 is 0.338 bits per heavy atom. The molecule has 0 N–H and O–H groups in total. The van der Waals surface area contributed by atoms with Gasteiger partial charge in [-0.2, -0.15) is 0 Å². The molecule has 13 rings (SSSR count). The van der Waals surface area contributed by atoms with Crippen LogP contribution in [0.15, 0.2) is 231 Å². The van der Waals surface area contributed by atoms with Gasteiger partial charge >= 0.3 is 0 Å². The zero-order valence-electron chi connectivity index (χ0n) is 38.8. The van der Waals surface area contributed by atoms with E-state index in [-0.39, 0.29) is 10.8 Å². The first-order valence-electron chi connectivity index (χ1n) is 23.9. The third kappa shape index (κ3) is 5.97. The molecule has 0 aliphatic heterocycles. The second-order valence-corrected chi connectivity index (χ2v) is 19.7. The lowest BCUT2D eigenvalue weighted by Crippen LogP contribution is -2.15. The SMILES string of the molecule is CC1(C)c2ccccc2-c2ccc(-c3ccc(N(c4cccc(-c5cccc6c5c5ccccc5n6-c5ccccc5)c4)c4ccccc4-c4cccc5c4-c4ccccc4C5(C)C)cc3)cc21. The Bertz CT molecular complexity index is 3790. The fraction of sp³-hybridized carbons (Fsp3) is 0.0909. The molecule has 2 aliphatic rings. The van der Waals surface area contributed by atoms with E-state index in [1.165, 1.54) is 99.7 Å². The van der Waals surface area contributed by atoms with E-state index in [4.69, 9.17) is 0 Å². The summed E-state index contributed by atoms with van der Waals surface area (Å²) >= 11 is 0. The molecule has 10 aromatic carbocycles. The quantitative estimate of drug-likeness (QED) is 0.155. The zero-order chi connectivity index (χ0) is 45.7. The highest BCUT2D eigenvalue weighted by Crippen LogP contribution is 2.54. The number of benzene rings is 10. The molecule has 1 heterocycles. The normalized spacial score (nSPS) is 13.8. The number of aromatic nitrogens is 1. The van der Waals surface area contributed by atoms with Crippen molar-refractivity contribution in [1.29, 1.82) is 0 Å². The molecule has 0 atom stereocenters. The summed E-state index contributed by atoms with van der Waals surface area (Å²) in [5.41, 5.74) is 24.8. The highest BCUT2D eigenvalue weighted by Gasteiger charge is 2.38. The molecule has 324 valence electrons. The van der Waals surface area contributed by atoms with Crippen molar-refractivity contribution in [3.8, 4) is 61.3 Å². The Morgan fingerprint density at radius 2 is 0.912 bits per heavy atom. The third-order valence-electron chi connectivity index (χ3n) is 15.2. The number of nitrogens with zero attached hydrogens (tertiary/aromatic N) is 2. The number of hydrogen-bond acceptors (Lipinski definition) is 1. The molecule has 0 spiro atoms. The van der Waals surface area contributed by atoms with E-state index in [1.54, 1.807) is 0 Å². The van der Waals surface area contributed by atoms with E-state index in [2.05, 4.69) is 268 Å². The average Bonchev–Trinajstić information content (AvgIpc) is 3.94. The standard InChI is InChI=1S/C66H50N2/c1-65(2)57-30-13-9-25-54(57)63-53(28-17-31-58(63)65)52-24-10-14-32-60(52)67(47-38-35-43(36-39-47)44-37-40-51-50-23-8-12-29-56(50)66(3,4)59(51)42-44)48-22-16-19-45(41-48)49-27-18-34-62-64(49)55-26-11-15-33-61(55)68(62)46-20-6-5-7-21-46/h5-42H,1-4H3. The lowest BCUT2D eigenvalue weighted by Gasteiger charge is -2.29. The summed E-state index contributed by atoms with van der Waals surface area (Å²) in [4.78, 5) is 2.48. The lowest BCUT2D eigenvalue weighted by atomic mass is 9.81. The molecule has 2 aliphatic carbocycles. The van der Waals surface area contributed by atoms with Gasteiger partial charge in [0.2, 0.25) is 0 Å². The molecule has 0 fully saturated rings. The maximum atomic E-state index is 2.48. The second kappa shape index (κ2) is 15.2. The first-order chi connectivity index (χ1) is 33.3. The van der Waals surface area contributed by atoms with Gasteiger partial charge in [-0.25, -0.2) is 0 Å². The van der Waals surface area contributed by atoms with Gasteiger partial charge in [-0.15, -0.1) is 0 Å². The Labute approximate surface area is 399 Å². The fourth-order valence-electron chi connectivity index (χ4n) is 11.9. The van der Waals surface area contributed by atoms with Crippen LogP contribution in [0.25, 0.3) is 83.1 Å². The molecule has 0 saturated carbocycles. The number of anilines is 3.